The molecule has 1 aliphatic rings. The quantitative estimate of drug-likeness (QED) is 0.313. The van der Waals surface area contributed by atoms with Crippen LogP contribution >= 0.6 is 0 Å². The van der Waals surface area contributed by atoms with Crippen molar-refractivity contribution in [1.82, 2.24) is 5.01 Å². The molecule has 1 aliphatic heterocycles. The largest absolute Gasteiger partial charge is 0.273 e. The molecule has 0 bridgehead atoms. The third kappa shape index (κ3) is 2.01. The first-order chi connectivity index (χ1) is 5.13. The van der Waals surface area contributed by atoms with Crippen LogP contribution in [0.5, 0.6) is 0 Å². The molecular weight excluding hydrogens is 144 g/mol. The SMILES string of the molecule is CC.CC1CC(=O)N(N)C1=O. The Bertz CT molecular complexity index is 168. The van der Waals surface area contributed by atoms with Crippen molar-refractivity contribution in [2.75, 3.05) is 0 Å². The number of carbonyl (C=O) groups is 2. The van der Waals surface area contributed by atoms with Crippen LogP contribution in [0.1, 0.15) is 27.2 Å². The van der Waals surface area contributed by atoms with Crippen LogP contribution in [-0.4, -0.2) is 16.8 Å². The summed E-state index contributed by atoms with van der Waals surface area (Å²) in [5, 5.41) is 0.685. The molecule has 0 aliphatic carbocycles. The molecule has 0 aromatic heterocycles. The normalized spacial score (nSPS) is 23.3. The molecule has 0 spiro atoms. The molecule has 0 aromatic rings. The number of hydrogen-bond acceptors (Lipinski definition) is 3. The Labute approximate surface area is 66.3 Å². The lowest BCUT2D eigenvalue weighted by Gasteiger charge is -2.02. The van der Waals surface area contributed by atoms with Gasteiger partial charge in [0.05, 0.1) is 0 Å². The van der Waals surface area contributed by atoms with E-state index in [1.54, 1.807) is 6.92 Å². The van der Waals surface area contributed by atoms with Gasteiger partial charge in [-0.2, -0.15) is 0 Å². The Balaban J connectivity index is 0.000000461. The molecule has 4 nitrogen and oxygen atoms in total. The summed E-state index contributed by atoms with van der Waals surface area (Å²) < 4.78 is 0. The maximum atomic E-state index is 10.7. The second kappa shape index (κ2) is 4.08. The molecular formula is C7H14N2O2. The van der Waals surface area contributed by atoms with Crippen molar-refractivity contribution in [3.05, 3.63) is 0 Å². The van der Waals surface area contributed by atoms with Crippen LogP contribution in [0.4, 0.5) is 0 Å². The summed E-state index contributed by atoms with van der Waals surface area (Å²) in [6.07, 6.45) is 0.259. The molecule has 11 heavy (non-hydrogen) atoms. The predicted molar refractivity (Wildman–Crippen MR) is 41.2 cm³/mol. The van der Waals surface area contributed by atoms with Gasteiger partial charge in [-0.1, -0.05) is 20.8 Å². The zero-order valence-corrected chi connectivity index (χ0v) is 7.13. The predicted octanol–water partition coefficient (Wildman–Crippen LogP) is 0.281. The number of carbonyl (C=O) groups excluding carboxylic acids is 2. The van der Waals surface area contributed by atoms with Crippen LogP contribution in [0.25, 0.3) is 0 Å². The fraction of sp³-hybridized carbons (Fsp3) is 0.714. The highest BCUT2D eigenvalue weighted by Crippen LogP contribution is 2.14. The second-order valence-electron chi connectivity index (χ2n) is 2.21. The summed E-state index contributed by atoms with van der Waals surface area (Å²) in [4.78, 5) is 21.3. The molecule has 1 rings (SSSR count). The minimum Gasteiger partial charge on any atom is -0.273 e. The first kappa shape index (κ1) is 10.1. The van der Waals surface area contributed by atoms with E-state index in [0.29, 0.717) is 5.01 Å². The third-order valence-electron chi connectivity index (χ3n) is 1.41. The van der Waals surface area contributed by atoms with Gasteiger partial charge in [-0.05, 0) is 0 Å². The Hall–Kier alpha value is -0.900. The molecule has 4 heteroatoms. The highest BCUT2D eigenvalue weighted by molar-refractivity contribution is 6.02. The Morgan fingerprint density at radius 2 is 1.91 bits per heavy atom. The molecule has 0 radical (unpaired) electrons. The van der Waals surface area contributed by atoms with Crippen molar-refractivity contribution in [2.45, 2.75) is 27.2 Å². The summed E-state index contributed by atoms with van der Waals surface area (Å²) in [7, 11) is 0. The van der Waals surface area contributed by atoms with Gasteiger partial charge in [0.1, 0.15) is 0 Å². The van der Waals surface area contributed by atoms with Crippen LogP contribution in [0.3, 0.4) is 0 Å². The minimum absolute atomic E-state index is 0.220. The Morgan fingerprint density at radius 3 is 2.00 bits per heavy atom. The van der Waals surface area contributed by atoms with Gasteiger partial charge in [-0.3, -0.25) is 9.59 Å². The molecule has 0 saturated carbocycles. The van der Waals surface area contributed by atoms with Gasteiger partial charge in [0, 0.05) is 12.3 Å². The lowest BCUT2D eigenvalue weighted by atomic mass is 10.1. The molecule has 0 aromatic carbocycles. The Morgan fingerprint density at radius 1 is 1.45 bits per heavy atom. The molecule has 1 atom stereocenters. The van der Waals surface area contributed by atoms with Crippen molar-refractivity contribution in [2.24, 2.45) is 11.8 Å². The summed E-state index contributed by atoms with van der Waals surface area (Å²) >= 11 is 0. The van der Waals surface area contributed by atoms with Gasteiger partial charge in [-0.15, -0.1) is 0 Å². The minimum atomic E-state index is -0.285. The van der Waals surface area contributed by atoms with E-state index in [4.69, 9.17) is 5.84 Å². The van der Waals surface area contributed by atoms with E-state index in [-0.39, 0.29) is 24.2 Å². The van der Waals surface area contributed by atoms with Crippen molar-refractivity contribution < 1.29 is 9.59 Å². The highest BCUT2D eigenvalue weighted by Gasteiger charge is 2.33. The van der Waals surface area contributed by atoms with Gasteiger partial charge in [0.15, 0.2) is 0 Å². The molecule has 2 amide bonds. The van der Waals surface area contributed by atoms with E-state index in [1.165, 1.54) is 0 Å². The monoisotopic (exact) mass is 158 g/mol. The van der Waals surface area contributed by atoms with E-state index in [0.717, 1.165) is 0 Å². The van der Waals surface area contributed by atoms with E-state index in [9.17, 15) is 9.59 Å². The third-order valence-corrected chi connectivity index (χ3v) is 1.41. The smallest absolute Gasteiger partial charge is 0.246 e. The molecule has 64 valence electrons. The maximum absolute atomic E-state index is 10.7. The van der Waals surface area contributed by atoms with Gasteiger partial charge in [0.25, 0.3) is 0 Å². The Kier molecular flexibility index (Phi) is 3.74. The maximum Gasteiger partial charge on any atom is 0.246 e. The lowest BCUT2D eigenvalue weighted by Crippen LogP contribution is -2.36. The number of hydrogen-bond donors (Lipinski definition) is 1. The van der Waals surface area contributed by atoms with Crippen LogP contribution in [0, 0.1) is 5.92 Å². The van der Waals surface area contributed by atoms with Crippen molar-refractivity contribution in [3.8, 4) is 0 Å². The van der Waals surface area contributed by atoms with Crippen LogP contribution < -0.4 is 5.84 Å². The van der Waals surface area contributed by atoms with Gasteiger partial charge in [0.2, 0.25) is 11.8 Å². The molecule has 1 unspecified atom stereocenters. The van der Waals surface area contributed by atoms with Gasteiger partial charge >= 0.3 is 0 Å². The summed E-state index contributed by atoms with van der Waals surface area (Å²) in [6.45, 7) is 5.69. The molecule has 2 N–H and O–H groups in total. The van der Waals surface area contributed by atoms with Crippen LogP contribution in [0.2, 0.25) is 0 Å². The standard InChI is InChI=1S/C5H8N2O2.C2H6/c1-3-2-4(8)7(6)5(3)9;1-2/h3H,2,6H2,1H3;1-2H3. The van der Waals surface area contributed by atoms with E-state index in [1.807, 2.05) is 13.8 Å². The number of imide groups is 1. The zero-order valence-electron chi connectivity index (χ0n) is 7.13. The first-order valence-electron chi connectivity index (χ1n) is 3.74. The summed E-state index contributed by atoms with van der Waals surface area (Å²) in [5.74, 6) is 4.26. The molecule has 1 saturated heterocycles. The number of rotatable bonds is 0. The number of amides is 2. The van der Waals surface area contributed by atoms with Crippen LogP contribution in [-0.2, 0) is 9.59 Å². The number of nitrogens with two attached hydrogens (primary N) is 1. The average molecular weight is 158 g/mol. The fourth-order valence-electron chi connectivity index (χ4n) is 0.808. The first-order valence-corrected chi connectivity index (χ1v) is 3.74. The fourth-order valence-corrected chi connectivity index (χ4v) is 0.808. The van der Waals surface area contributed by atoms with E-state index < -0.39 is 0 Å². The molecule has 1 fully saturated rings. The van der Waals surface area contributed by atoms with Crippen molar-refractivity contribution in [3.63, 3.8) is 0 Å². The highest BCUT2D eigenvalue weighted by atomic mass is 16.2. The van der Waals surface area contributed by atoms with E-state index in [2.05, 4.69) is 0 Å². The summed E-state index contributed by atoms with van der Waals surface area (Å²) in [6, 6.07) is 0. The number of hydrazine groups is 1. The second-order valence-corrected chi connectivity index (χ2v) is 2.21. The lowest BCUT2D eigenvalue weighted by molar-refractivity contribution is -0.139. The molecule has 1 heterocycles. The van der Waals surface area contributed by atoms with Crippen molar-refractivity contribution in [1.29, 1.82) is 0 Å². The van der Waals surface area contributed by atoms with Gasteiger partial charge in [-0.25, -0.2) is 10.9 Å². The van der Waals surface area contributed by atoms with Crippen LogP contribution in [0.15, 0.2) is 0 Å². The topological polar surface area (TPSA) is 63.4 Å². The average Bonchev–Trinajstić information content (AvgIpc) is 2.22. The van der Waals surface area contributed by atoms with E-state index >= 15 is 0 Å². The number of nitrogens with zero attached hydrogens (tertiary/aromatic N) is 1. The summed E-state index contributed by atoms with van der Waals surface area (Å²) in [5.41, 5.74) is 0. The van der Waals surface area contributed by atoms with Crippen molar-refractivity contribution >= 4 is 11.8 Å². The zero-order chi connectivity index (χ0) is 9.02. The van der Waals surface area contributed by atoms with Gasteiger partial charge < -0.3 is 0 Å².